The summed E-state index contributed by atoms with van der Waals surface area (Å²) in [5.41, 5.74) is 1.74. The fraction of sp³-hybridized carbons (Fsp3) is 0.625. The molecule has 1 fully saturated rings. The molecule has 0 bridgehead atoms. The Morgan fingerprint density at radius 3 is 2.78 bits per heavy atom. The molecule has 18 heavy (non-hydrogen) atoms. The maximum atomic E-state index is 3.80. The Hall–Kier alpha value is -0.630. The van der Waals surface area contributed by atoms with Crippen LogP contribution >= 0.6 is 11.8 Å². The van der Waals surface area contributed by atoms with Gasteiger partial charge in [0.15, 0.2) is 0 Å². The van der Waals surface area contributed by atoms with Crippen molar-refractivity contribution in [2.24, 2.45) is 5.41 Å². The Morgan fingerprint density at radius 2 is 2.06 bits per heavy atom. The van der Waals surface area contributed by atoms with E-state index in [-0.39, 0.29) is 0 Å². The van der Waals surface area contributed by atoms with Crippen molar-refractivity contribution in [1.82, 2.24) is 0 Å². The Kier molecular flexibility index (Phi) is 4.60. The molecule has 2 rings (SSSR count). The van der Waals surface area contributed by atoms with Crippen molar-refractivity contribution in [1.29, 1.82) is 0 Å². The molecule has 1 aromatic carbocycles. The summed E-state index contributed by atoms with van der Waals surface area (Å²) in [4.78, 5) is 1.39. The number of thioether (sulfide) groups is 1. The number of anilines is 1. The van der Waals surface area contributed by atoms with Crippen molar-refractivity contribution >= 4 is 17.4 Å². The summed E-state index contributed by atoms with van der Waals surface area (Å²) in [6.45, 7) is 7.02. The van der Waals surface area contributed by atoms with E-state index in [2.05, 4.69) is 50.4 Å². The van der Waals surface area contributed by atoms with Crippen molar-refractivity contribution in [3.8, 4) is 0 Å². The molecule has 2 heteroatoms. The van der Waals surface area contributed by atoms with Crippen molar-refractivity contribution in [2.45, 2.75) is 57.4 Å². The lowest BCUT2D eigenvalue weighted by Crippen LogP contribution is -2.39. The van der Waals surface area contributed by atoms with Crippen LogP contribution < -0.4 is 5.32 Å². The van der Waals surface area contributed by atoms with E-state index in [1.807, 2.05) is 11.8 Å². The minimum atomic E-state index is 0.419. The van der Waals surface area contributed by atoms with E-state index >= 15 is 0 Å². The van der Waals surface area contributed by atoms with Crippen LogP contribution in [0.5, 0.6) is 0 Å². The van der Waals surface area contributed by atoms with Gasteiger partial charge in [-0.2, -0.15) is 0 Å². The smallest absolute Gasteiger partial charge is 0.0480 e. The molecule has 1 aliphatic carbocycles. The van der Waals surface area contributed by atoms with Crippen LogP contribution in [0.2, 0.25) is 0 Å². The first-order valence-electron chi connectivity index (χ1n) is 7.12. The molecule has 1 saturated carbocycles. The van der Waals surface area contributed by atoms with Crippen LogP contribution in [0.15, 0.2) is 29.2 Å². The van der Waals surface area contributed by atoms with Crippen LogP contribution in [0.1, 0.15) is 46.5 Å². The normalized spacial score (nSPS) is 22.7. The van der Waals surface area contributed by atoms with E-state index in [1.54, 1.807) is 0 Å². The third kappa shape index (κ3) is 3.23. The van der Waals surface area contributed by atoms with E-state index in [4.69, 9.17) is 0 Å². The van der Waals surface area contributed by atoms with Gasteiger partial charge in [-0.3, -0.25) is 0 Å². The van der Waals surface area contributed by atoms with E-state index < -0.39 is 0 Å². The predicted octanol–water partition coefficient (Wildman–Crippen LogP) is 5.18. The Labute approximate surface area is 116 Å². The minimum Gasteiger partial charge on any atom is -0.381 e. The second kappa shape index (κ2) is 6.01. The fourth-order valence-corrected chi connectivity index (χ4v) is 3.58. The summed E-state index contributed by atoms with van der Waals surface area (Å²) in [6.07, 6.45) is 5.40. The molecule has 0 aromatic heterocycles. The van der Waals surface area contributed by atoms with Crippen LogP contribution in [-0.4, -0.2) is 11.8 Å². The average Bonchev–Trinajstić information content (AvgIpc) is 2.34. The first-order chi connectivity index (χ1) is 8.63. The van der Waals surface area contributed by atoms with Gasteiger partial charge in [0.25, 0.3) is 0 Å². The highest BCUT2D eigenvalue weighted by atomic mass is 32.2. The molecule has 1 N–H and O–H groups in total. The van der Waals surface area contributed by atoms with Crippen molar-refractivity contribution in [2.75, 3.05) is 11.1 Å². The van der Waals surface area contributed by atoms with Crippen LogP contribution in [0, 0.1) is 5.41 Å². The van der Waals surface area contributed by atoms with Crippen LogP contribution in [0.3, 0.4) is 0 Å². The molecule has 0 saturated heterocycles. The van der Waals surface area contributed by atoms with Gasteiger partial charge in [-0.1, -0.05) is 45.7 Å². The Bertz CT molecular complexity index is 386. The quantitative estimate of drug-likeness (QED) is 0.751. The van der Waals surface area contributed by atoms with E-state index in [0.717, 1.165) is 5.75 Å². The number of hydrogen-bond donors (Lipinski definition) is 1. The van der Waals surface area contributed by atoms with Crippen molar-refractivity contribution < 1.29 is 0 Å². The van der Waals surface area contributed by atoms with Gasteiger partial charge >= 0.3 is 0 Å². The van der Waals surface area contributed by atoms with Gasteiger partial charge in [0.05, 0.1) is 0 Å². The summed E-state index contributed by atoms with van der Waals surface area (Å²) in [5.74, 6) is 1.13. The summed E-state index contributed by atoms with van der Waals surface area (Å²) in [5, 5.41) is 3.80. The van der Waals surface area contributed by atoms with Gasteiger partial charge in [-0.25, -0.2) is 0 Å². The third-order valence-electron chi connectivity index (χ3n) is 4.02. The molecular formula is C16H25NS. The highest BCUT2D eigenvalue weighted by Crippen LogP contribution is 2.38. The largest absolute Gasteiger partial charge is 0.381 e. The molecule has 0 radical (unpaired) electrons. The Balaban J connectivity index is 2.12. The molecule has 0 spiro atoms. The van der Waals surface area contributed by atoms with E-state index in [9.17, 15) is 0 Å². The molecule has 1 aromatic rings. The van der Waals surface area contributed by atoms with E-state index in [0.29, 0.717) is 11.5 Å². The number of para-hydroxylation sites is 1. The highest BCUT2D eigenvalue weighted by Gasteiger charge is 2.32. The number of hydrogen-bond acceptors (Lipinski definition) is 2. The molecule has 0 amide bonds. The standard InChI is InChI=1S/C16H25NS/c1-4-18-14-10-6-5-9-13(14)17-15-11-7-8-12-16(15,2)3/h5-6,9-10,15,17H,4,7-8,11-12H2,1-3H3. The summed E-state index contributed by atoms with van der Waals surface area (Å²) >= 11 is 1.93. The highest BCUT2D eigenvalue weighted by molar-refractivity contribution is 7.99. The number of rotatable bonds is 4. The van der Waals surface area contributed by atoms with Gasteiger partial charge in [-0.15, -0.1) is 11.8 Å². The Morgan fingerprint density at radius 1 is 1.28 bits per heavy atom. The zero-order valence-corrected chi connectivity index (χ0v) is 12.6. The molecule has 1 atom stereocenters. The van der Waals surface area contributed by atoms with Crippen molar-refractivity contribution in [3.05, 3.63) is 24.3 Å². The number of benzene rings is 1. The maximum absolute atomic E-state index is 3.80. The molecular weight excluding hydrogens is 238 g/mol. The SMILES string of the molecule is CCSc1ccccc1NC1CCCCC1(C)C. The first kappa shape index (κ1) is 13.8. The fourth-order valence-electron chi connectivity index (χ4n) is 2.82. The minimum absolute atomic E-state index is 0.419. The molecule has 0 heterocycles. The summed E-state index contributed by atoms with van der Waals surface area (Å²) < 4.78 is 0. The zero-order chi connectivity index (χ0) is 13.0. The first-order valence-corrected chi connectivity index (χ1v) is 8.10. The average molecular weight is 263 g/mol. The van der Waals surface area contributed by atoms with Crippen molar-refractivity contribution in [3.63, 3.8) is 0 Å². The second-order valence-corrected chi connectivity index (χ2v) is 7.17. The van der Waals surface area contributed by atoms with Gasteiger partial charge in [0.1, 0.15) is 0 Å². The third-order valence-corrected chi connectivity index (χ3v) is 4.98. The topological polar surface area (TPSA) is 12.0 Å². The molecule has 0 aliphatic heterocycles. The predicted molar refractivity (Wildman–Crippen MR) is 82.5 cm³/mol. The monoisotopic (exact) mass is 263 g/mol. The van der Waals surface area contributed by atoms with Gasteiger partial charge in [0.2, 0.25) is 0 Å². The molecule has 1 unspecified atom stereocenters. The van der Waals surface area contributed by atoms with Gasteiger partial charge in [0, 0.05) is 16.6 Å². The van der Waals surface area contributed by atoms with Crippen LogP contribution in [-0.2, 0) is 0 Å². The van der Waals surface area contributed by atoms with Crippen LogP contribution in [0.25, 0.3) is 0 Å². The van der Waals surface area contributed by atoms with Gasteiger partial charge in [-0.05, 0) is 36.1 Å². The lowest BCUT2D eigenvalue weighted by Gasteiger charge is -2.40. The van der Waals surface area contributed by atoms with E-state index in [1.165, 1.54) is 36.3 Å². The molecule has 100 valence electrons. The van der Waals surface area contributed by atoms with Crippen LogP contribution in [0.4, 0.5) is 5.69 Å². The number of nitrogens with one attached hydrogen (secondary N) is 1. The van der Waals surface area contributed by atoms with Gasteiger partial charge < -0.3 is 5.32 Å². The maximum Gasteiger partial charge on any atom is 0.0480 e. The molecule has 1 nitrogen and oxygen atoms in total. The lowest BCUT2D eigenvalue weighted by atomic mass is 9.73. The summed E-state index contributed by atoms with van der Waals surface area (Å²) in [7, 11) is 0. The molecule has 1 aliphatic rings. The second-order valence-electron chi connectivity index (χ2n) is 5.86. The summed E-state index contributed by atoms with van der Waals surface area (Å²) in [6, 6.07) is 9.34. The zero-order valence-electron chi connectivity index (χ0n) is 11.8. The lowest BCUT2D eigenvalue weighted by molar-refractivity contribution is 0.217.